The molecule has 0 aromatic carbocycles. The van der Waals surface area contributed by atoms with Crippen LogP contribution in [-0.4, -0.2) is 36.0 Å². The number of anilines is 2. The zero-order valence-electron chi connectivity index (χ0n) is 11.7. The number of hydrogen-bond donors (Lipinski definition) is 3. The number of nitrogens with one attached hydrogen (secondary N) is 3. The minimum Gasteiger partial charge on any atom is -0.366 e. The highest BCUT2D eigenvalue weighted by molar-refractivity contribution is 5.82. The van der Waals surface area contributed by atoms with Gasteiger partial charge in [0.25, 0.3) is 0 Å². The summed E-state index contributed by atoms with van der Waals surface area (Å²) < 4.78 is 13.6. The Morgan fingerprint density at radius 1 is 1.42 bits per heavy atom. The molecule has 106 valence electrons. The maximum absolute atomic E-state index is 13.6. The molecule has 0 saturated carbocycles. The molecule has 1 amide bonds. The Morgan fingerprint density at radius 3 is 2.68 bits per heavy atom. The average molecular weight is 269 g/mol. The van der Waals surface area contributed by atoms with Gasteiger partial charge in [0, 0.05) is 20.1 Å². The molecular formula is C12H20FN5O. The molecule has 0 radical (unpaired) electrons. The van der Waals surface area contributed by atoms with Crippen LogP contribution in [0.4, 0.5) is 16.2 Å². The molecule has 0 atom stereocenters. The number of carbonyl (C=O) groups excluding carboxylic acids is 1. The maximum atomic E-state index is 13.6. The minimum atomic E-state index is -0.662. The Morgan fingerprint density at radius 2 is 2.11 bits per heavy atom. The molecule has 1 aromatic rings. The monoisotopic (exact) mass is 269 g/mol. The Kier molecular flexibility index (Phi) is 5.02. The largest absolute Gasteiger partial charge is 0.366 e. The van der Waals surface area contributed by atoms with Gasteiger partial charge >= 0.3 is 0 Å². The molecule has 0 fully saturated rings. The van der Waals surface area contributed by atoms with Crippen molar-refractivity contribution in [3.63, 3.8) is 0 Å². The average Bonchev–Trinajstić information content (AvgIpc) is 2.38. The van der Waals surface area contributed by atoms with Gasteiger partial charge in [0.2, 0.25) is 11.9 Å². The molecule has 7 heteroatoms. The van der Waals surface area contributed by atoms with E-state index in [1.165, 1.54) is 0 Å². The van der Waals surface area contributed by atoms with Crippen molar-refractivity contribution < 1.29 is 9.18 Å². The van der Waals surface area contributed by atoms with Crippen LogP contribution in [-0.2, 0) is 4.79 Å². The molecule has 0 spiro atoms. The van der Waals surface area contributed by atoms with Gasteiger partial charge in [0.05, 0.1) is 11.6 Å². The van der Waals surface area contributed by atoms with Crippen LogP contribution in [0.1, 0.15) is 20.8 Å². The van der Waals surface area contributed by atoms with Gasteiger partial charge in [-0.3, -0.25) is 4.79 Å². The SMILES string of the molecule is CCNc1ncc(F)c(NCC(C)(C)C(=O)NC)n1. The molecule has 3 N–H and O–H groups in total. The quantitative estimate of drug-likeness (QED) is 0.724. The number of carbonyl (C=O) groups is 1. The number of halogens is 1. The first-order valence-corrected chi connectivity index (χ1v) is 6.13. The molecule has 1 heterocycles. The third kappa shape index (κ3) is 4.04. The fraction of sp³-hybridized carbons (Fsp3) is 0.583. The second kappa shape index (κ2) is 6.31. The molecule has 1 aromatic heterocycles. The number of hydrogen-bond acceptors (Lipinski definition) is 5. The highest BCUT2D eigenvalue weighted by Crippen LogP contribution is 2.18. The zero-order valence-corrected chi connectivity index (χ0v) is 11.7. The van der Waals surface area contributed by atoms with Gasteiger partial charge < -0.3 is 16.0 Å². The summed E-state index contributed by atoms with van der Waals surface area (Å²) in [6.07, 6.45) is 1.10. The van der Waals surface area contributed by atoms with E-state index in [9.17, 15) is 9.18 Å². The predicted molar refractivity (Wildman–Crippen MR) is 72.5 cm³/mol. The third-order valence-corrected chi connectivity index (χ3v) is 2.62. The molecule has 0 bridgehead atoms. The fourth-order valence-electron chi connectivity index (χ4n) is 1.46. The lowest BCUT2D eigenvalue weighted by Gasteiger charge is -2.23. The van der Waals surface area contributed by atoms with Crippen molar-refractivity contribution in [3.05, 3.63) is 12.0 Å². The first kappa shape index (κ1) is 15.1. The lowest BCUT2D eigenvalue weighted by Crippen LogP contribution is -2.39. The molecule has 1 rings (SSSR count). The van der Waals surface area contributed by atoms with E-state index < -0.39 is 11.2 Å². The second-order valence-corrected chi connectivity index (χ2v) is 4.74. The first-order valence-electron chi connectivity index (χ1n) is 6.13. The van der Waals surface area contributed by atoms with Crippen molar-refractivity contribution in [1.82, 2.24) is 15.3 Å². The van der Waals surface area contributed by atoms with Crippen molar-refractivity contribution >= 4 is 17.7 Å². The van der Waals surface area contributed by atoms with Crippen LogP contribution in [0.15, 0.2) is 6.20 Å². The zero-order chi connectivity index (χ0) is 14.5. The van der Waals surface area contributed by atoms with Gasteiger partial charge in [-0.05, 0) is 20.8 Å². The van der Waals surface area contributed by atoms with Crippen LogP contribution in [0.25, 0.3) is 0 Å². The summed E-state index contributed by atoms with van der Waals surface area (Å²) in [5, 5.41) is 8.31. The van der Waals surface area contributed by atoms with E-state index in [1.54, 1.807) is 20.9 Å². The maximum Gasteiger partial charge on any atom is 0.227 e. The van der Waals surface area contributed by atoms with Crippen LogP contribution in [0.2, 0.25) is 0 Å². The van der Waals surface area contributed by atoms with Gasteiger partial charge in [-0.25, -0.2) is 9.37 Å². The molecule has 0 unspecified atom stereocenters. The van der Waals surface area contributed by atoms with Crippen molar-refractivity contribution in [2.75, 3.05) is 30.8 Å². The van der Waals surface area contributed by atoms with Crippen LogP contribution >= 0.6 is 0 Å². The van der Waals surface area contributed by atoms with E-state index in [1.807, 2.05) is 6.92 Å². The molecule has 6 nitrogen and oxygen atoms in total. The Bertz CT molecular complexity index is 450. The van der Waals surface area contributed by atoms with E-state index in [0.717, 1.165) is 6.20 Å². The molecule has 0 aliphatic rings. The summed E-state index contributed by atoms with van der Waals surface area (Å²) in [4.78, 5) is 19.4. The van der Waals surface area contributed by atoms with Crippen LogP contribution < -0.4 is 16.0 Å². The molecule has 0 aliphatic heterocycles. The lowest BCUT2D eigenvalue weighted by atomic mass is 9.92. The molecular weight excluding hydrogens is 249 g/mol. The second-order valence-electron chi connectivity index (χ2n) is 4.74. The van der Waals surface area contributed by atoms with Crippen LogP contribution in [0, 0.1) is 11.2 Å². The van der Waals surface area contributed by atoms with Crippen LogP contribution in [0.3, 0.4) is 0 Å². The number of nitrogens with zero attached hydrogens (tertiary/aromatic N) is 2. The fourth-order valence-corrected chi connectivity index (χ4v) is 1.46. The summed E-state index contributed by atoms with van der Waals surface area (Å²) in [5.41, 5.74) is -0.662. The van der Waals surface area contributed by atoms with Crippen molar-refractivity contribution in [1.29, 1.82) is 0 Å². The summed E-state index contributed by atoms with van der Waals surface area (Å²) in [6, 6.07) is 0. The number of amides is 1. The molecule has 0 aliphatic carbocycles. The smallest absolute Gasteiger partial charge is 0.227 e. The Hall–Kier alpha value is -1.92. The predicted octanol–water partition coefficient (Wildman–Crippen LogP) is 1.23. The third-order valence-electron chi connectivity index (χ3n) is 2.62. The van der Waals surface area contributed by atoms with E-state index >= 15 is 0 Å². The van der Waals surface area contributed by atoms with Crippen LogP contribution in [0.5, 0.6) is 0 Å². The van der Waals surface area contributed by atoms with E-state index in [0.29, 0.717) is 12.5 Å². The van der Waals surface area contributed by atoms with Crippen molar-refractivity contribution in [3.8, 4) is 0 Å². The Labute approximate surface area is 112 Å². The number of aromatic nitrogens is 2. The van der Waals surface area contributed by atoms with Gasteiger partial charge in [-0.15, -0.1) is 0 Å². The van der Waals surface area contributed by atoms with Gasteiger partial charge in [-0.2, -0.15) is 4.98 Å². The normalized spacial score (nSPS) is 11.0. The topological polar surface area (TPSA) is 78.9 Å². The van der Waals surface area contributed by atoms with E-state index in [4.69, 9.17) is 0 Å². The van der Waals surface area contributed by atoms with Gasteiger partial charge in [-0.1, -0.05) is 0 Å². The van der Waals surface area contributed by atoms with E-state index in [-0.39, 0.29) is 18.3 Å². The summed E-state index contributed by atoms with van der Waals surface area (Å²) in [6.45, 7) is 6.35. The lowest BCUT2D eigenvalue weighted by molar-refractivity contribution is -0.128. The van der Waals surface area contributed by atoms with Gasteiger partial charge in [0.1, 0.15) is 0 Å². The van der Waals surface area contributed by atoms with Gasteiger partial charge in [0.15, 0.2) is 11.6 Å². The standard InChI is InChI=1S/C12H20FN5O/c1-5-15-11-16-6-8(13)9(18-11)17-7-12(2,3)10(19)14-4/h6H,5,7H2,1-4H3,(H,14,19)(H2,15,16,17,18). The summed E-state index contributed by atoms with van der Waals surface area (Å²) in [7, 11) is 1.57. The Balaban J connectivity index is 2.76. The summed E-state index contributed by atoms with van der Waals surface area (Å²) in [5.74, 6) is -0.234. The summed E-state index contributed by atoms with van der Waals surface area (Å²) >= 11 is 0. The minimum absolute atomic E-state index is 0.0860. The number of rotatable bonds is 6. The first-order chi connectivity index (χ1) is 8.90. The molecule has 19 heavy (non-hydrogen) atoms. The van der Waals surface area contributed by atoms with Crippen molar-refractivity contribution in [2.45, 2.75) is 20.8 Å². The van der Waals surface area contributed by atoms with E-state index in [2.05, 4.69) is 25.9 Å². The highest BCUT2D eigenvalue weighted by Gasteiger charge is 2.26. The highest BCUT2D eigenvalue weighted by atomic mass is 19.1. The molecule has 0 saturated heterocycles. The van der Waals surface area contributed by atoms with Crippen molar-refractivity contribution in [2.24, 2.45) is 5.41 Å².